The van der Waals surface area contributed by atoms with Crippen molar-refractivity contribution in [3.8, 4) is 0 Å². The standard InChI is InChI=1S/C17H27NO/c1-14-8-6-7-11-17(14)15(2)18-12-13-19-16-9-4-3-5-10-16/h6-8,11,15-16,18H,3-5,9-10,12-13H2,1-2H3. The molecular formula is C17H27NO. The molecule has 1 aromatic rings. The minimum Gasteiger partial charge on any atom is -0.377 e. The molecule has 1 saturated carbocycles. The van der Waals surface area contributed by atoms with Crippen LogP contribution < -0.4 is 5.32 Å². The summed E-state index contributed by atoms with van der Waals surface area (Å²) in [7, 11) is 0. The topological polar surface area (TPSA) is 21.3 Å². The fourth-order valence-corrected chi connectivity index (χ4v) is 2.92. The van der Waals surface area contributed by atoms with Gasteiger partial charge in [0.2, 0.25) is 0 Å². The maximum absolute atomic E-state index is 5.94. The average Bonchev–Trinajstić information content (AvgIpc) is 2.45. The normalized spacial score (nSPS) is 18.4. The molecule has 0 amide bonds. The number of nitrogens with one attached hydrogen (secondary N) is 1. The van der Waals surface area contributed by atoms with Crippen LogP contribution in [0.25, 0.3) is 0 Å². The van der Waals surface area contributed by atoms with Crippen LogP contribution >= 0.6 is 0 Å². The van der Waals surface area contributed by atoms with E-state index >= 15 is 0 Å². The molecule has 1 aliphatic carbocycles. The van der Waals surface area contributed by atoms with Gasteiger partial charge in [-0.05, 0) is 37.8 Å². The van der Waals surface area contributed by atoms with Gasteiger partial charge in [0.15, 0.2) is 0 Å². The van der Waals surface area contributed by atoms with Crippen LogP contribution in [0.15, 0.2) is 24.3 Å². The second-order valence-corrected chi connectivity index (χ2v) is 5.66. The maximum Gasteiger partial charge on any atom is 0.0594 e. The van der Waals surface area contributed by atoms with Crippen molar-refractivity contribution in [3.63, 3.8) is 0 Å². The lowest BCUT2D eigenvalue weighted by Gasteiger charge is -2.23. The summed E-state index contributed by atoms with van der Waals surface area (Å²) in [5.41, 5.74) is 2.75. The van der Waals surface area contributed by atoms with Crippen LogP contribution in [0.5, 0.6) is 0 Å². The minimum atomic E-state index is 0.399. The number of rotatable bonds is 6. The van der Waals surface area contributed by atoms with Crippen molar-refractivity contribution in [2.45, 2.75) is 58.1 Å². The van der Waals surface area contributed by atoms with E-state index in [1.54, 1.807) is 0 Å². The molecule has 1 N–H and O–H groups in total. The number of hydrogen-bond acceptors (Lipinski definition) is 2. The van der Waals surface area contributed by atoms with Gasteiger partial charge >= 0.3 is 0 Å². The third-order valence-corrected chi connectivity index (χ3v) is 4.11. The van der Waals surface area contributed by atoms with E-state index in [4.69, 9.17) is 4.74 Å². The summed E-state index contributed by atoms with van der Waals surface area (Å²) >= 11 is 0. The van der Waals surface area contributed by atoms with E-state index in [2.05, 4.69) is 43.4 Å². The Labute approximate surface area is 117 Å². The zero-order valence-corrected chi connectivity index (χ0v) is 12.3. The summed E-state index contributed by atoms with van der Waals surface area (Å²) in [5, 5.41) is 3.55. The molecule has 0 aromatic heterocycles. The highest BCUT2D eigenvalue weighted by Crippen LogP contribution is 2.20. The Bertz CT molecular complexity index is 371. The highest BCUT2D eigenvalue weighted by Gasteiger charge is 2.13. The predicted molar refractivity (Wildman–Crippen MR) is 80.4 cm³/mol. The molecule has 0 heterocycles. The zero-order chi connectivity index (χ0) is 13.5. The van der Waals surface area contributed by atoms with E-state index in [0.717, 1.165) is 13.2 Å². The van der Waals surface area contributed by atoms with Gasteiger partial charge < -0.3 is 10.1 Å². The lowest BCUT2D eigenvalue weighted by atomic mass is 9.98. The second-order valence-electron chi connectivity index (χ2n) is 5.66. The fraction of sp³-hybridized carbons (Fsp3) is 0.647. The molecule has 1 unspecified atom stereocenters. The number of benzene rings is 1. The first-order valence-corrected chi connectivity index (χ1v) is 7.68. The van der Waals surface area contributed by atoms with E-state index in [-0.39, 0.29) is 0 Å². The van der Waals surface area contributed by atoms with Gasteiger partial charge in [-0.1, -0.05) is 43.5 Å². The molecular weight excluding hydrogens is 234 g/mol. The first kappa shape index (κ1) is 14.5. The molecule has 0 spiro atoms. The van der Waals surface area contributed by atoms with Crippen molar-refractivity contribution in [2.24, 2.45) is 0 Å². The molecule has 0 radical (unpaired) electrons. The average molecular weight is 261 g/mol. The molecule has 2 nitrogen and oxygen atoms in total. The van der Waals surface area contributed by atoms with Crippen molar-refractivity contribution >= 4 is 0 Å². The Kier molecular flexibility index (Phi) is 5.87. The summed E-state index contributed by atoms with van der Waals surface area (Å²) in [6, 6.07) is 8.98. The van der Waals surface area contributed by atoms with Crippen molar-refractivity contribution in [1.29, 1.82) is 0 Å². The van der Waals surface area contributed by atoms with E-state index in [0.29, 0.717) is 12.1 Å². The number of ether oxygens (including phenoxy) is 1. The predicted octanol–water partition coefficient (Wildman–Crippen LogP) is 3.99. The lowest BCUT2D eigenvalue weighted by Crippen LogP contribution is -2.26. The molecule has 1 aliphatic rings. The van der Waals surface area contributed by atoms with Crippen molar-refractivity contribution in [2.75, 3.05) is 13.2 Å². The molecule has 0 aliphatic heterocycles. The molecule has 0 bridgehead atoms. The van der Waals surface area contributed by atoms with Gasteiger partial charge in [0.25, 0.3) is 0 Å². The van der Waals surface area contributed by atoms with Gasteiger partial charge in [-0.25, -0.2) is 0 Å². The van der Waals surface area contributed by atoms with Crippen LogP contribution in [-0.2, 0) is 4.74 Å². The molecule has 2 rings (SSSR count). The molecule has 0 saturated heterocycles. The Balaban J connectivity index is 1.66. The number of aryl methyl sites for hydroxylation is 1. The van der Waals surface area contributed by atoms with Crippen LogP contribution in [0.4, 0.5) is 0 Å². The molecule has 19 heavy (non-hydrogen) atoms. The van der Waals surface area contributed by atoms with E-state index in [9.17, 15) is 0 Å². The summed E-state index contributed by atoms with van der Waals surface area (Å²) in [6.07, 6.45) is 7.11. The summed E-state index contributed by atoms with van der Waals surface area (Å²) in [4.78, 5) is 0. The first-order chi connectivity index (χ1) is 9.27. The van der Waals surface area contributed by atoms with Gasteiger partial charge in [-0.3, -0.25) is 0 Å². The van der Waals surface area contributed by atoms with E-state index < -0.39 is 0 Å². The van der Waals surface area contributed by atoms with Gasteiger partial charge in [0.05, 0.1) is 12.7 Å². The maximum atomic E-state index is 5.94. The highest BCUT2D eigenvalue weighted by atomic mass is 16.5. The SMILES string of the molecule is Cc1ccccc1C(C)NCCOC1CCCCC1. The van der Waals surface area contributed by atoms with Gasteiger partial charge in [0.1, 0.15) is 0 Å². The molecule has 1 aromatic carbocycles. The zero-order valence-electron chi connectivity index (χ0n) is 12.3. The van der Waals surface area contributed by atoms with Crippen LogP contribution in [-0.4, -0.2) is 19.3 Å². The molecule has 1 fully saturated rings. The van der Waals surface area contributed by atoms with Crippen LogP contribution in [0.2, 0.25) is 0 Å². The largest absolute Gasteiger partial charge is 0.377 e. The lowest BCUT2D eigenvalue weighted by molar-refractivity contribution is 0.0295. The minimum absolute atomic E-state index is 0.399. The smallest absolute Gasteiger partial charge is 0.0594 e. The highest BCUT2D eigenvalue weighted by molar-refractivity contribution is 5.28. The molecule has 2 heteroatoms. The van der Waals surface area contributed by atoms with Crippen LogP contribution in [0, 0.1) is 6.92 Å². The first-order valence-electron chi connectivity index (χ1n) is 7.68. The monoisotopic (exact) mass is 261 g/mol. The van der Waals surface area contributed by atoms with Crippen molar-refractivity contribution in [1.82, 2.24) is 5.32 Å². The van der Waals surface area contributed by atoms with Gasteiger partial charge in [-0.2, -0.15) is 0 Å². The van der Waals surface area contributed by atoms with E-state index in [1.165, 1.54) is 43.2 Å². The Morgan fingerprint density at radius 2 is 1.95 bits per heavy atom. The fourth-order valence-electron chi connectivity index (χ4n) is 2.92. The van der Waals surface area contributed by atoms with Crippen molar-refractivity contribution < 1.29 is 4.74 Å². The van der Waals surface area contributed by atoms with Crippen LogP contribution in [0.1, 0.15) is 56.2 Å². The van der Waals surface area contributed by atoms with Gasteiger partial charge in [-0.15, -0.1) is 0 Å². The van der Waals surface area contributed by atoms with Gasteiger partial charge in [0, 0.05) is 12.6 Å². The van der Waals surface area contributed by atoms with Crippen LogP contribution in [0.3, 0.4) is 0 Å². The Morgan fingerprint density at radius 3 is 2.68 bits per heavy atom. The number of hydrogen-bond donors (Lipinski definition) is 1. The summed E-state index contributed by atoms with van der Waals surface area (Å²) < 4.78 is 5.94. The third-order valence-electron chi connectivity index (χ3n) is 4.11. The quantitative estimate of drug-likeness (QED) is 0.782. The van der Waals surface area contributed by atoms with E-state index in [1.807, 2.05) is 0 Å². The summed E-state index contributed by atoms with van der Waals surface area (Å²) in [6.45, 7) is 6.17. The third kappa shape index (κ3) is 4.63. The summed E-state index contributed by atoms with van der Waals surface area (Å²) in [5.74, 6) is 0. The van der Waals surface area contributed by atoms with Crippen molar-refractivity contribution in [3.05, 3.63) is 35.4 Å². The Hall–Kier alpha value is -0.860. The molecule has 1 atom stereocenters. The second kappa shape index (κ2) is 7.66. The molecule has 106 valence electrons. The Morgan fingerprint density at radius 1 is 1.21 bits per heavy atom.